The van der Waals surface area contributed by atoms with Crippen molar-refractivity contribution in [1.29, 1.82) is 0 Å². The smallest absolute Gasteiger partial charge is 0.119 e. The Labute approximate surface area is 249 Å². The minimum Gasteiger partial charge on any atom is -0.497 e. The molecule has 5 aromatic carbocycles. The first-order valence-corrected chi connectivity index (χ1v) is 15.4. The molecule has 5 aromatic rings. The molecule has 0 saturated heterocycles. The lowest BCUT2D eigenvalue weighted by Gasteiger charge is -2.23. The van der Waals surface area contributed by atoms with Gasteiger partial charge < -0.3 is 19.9 Å². The highest BCUT2D eigenvalue weighted by Gasteiger charge is 2.21. The lowest BCUT2D eigenvalue weighted by atomic mass is 9.81. The molecule has 4 heteroatoms. The summed E-state index contributed by atoms with van der Waals surface area (Å²) >= 11 is 0. The molecule has 42 heavy (non-hydrogen) atoms. The largest absolute Gasteiger partial charge is 0.497 e. The van der Waals surface area contributed by atoms with Crippen molar-refractivity contribution in [3.05, 3.63) is 120 Å². The lowest BCUT2D eigenvalue weighted by Crippen LogP contribution is -2.37. The van der Waals surface area contributed by atoms with E-state index in [4.69, 9.17) is 9.47 Å². The van der Waals surface area contributed by atoms with Crippen LogP contribution >= 0.6 is 0 Å². The predicted molar refractivity (Wildman–Crippen MR) is 173 cm³/mol. The predicted octanol–water partition coefficient (Wildman–Crippen LogP) is 8.23. The van der Waals surface area contributed by atoms with Crippen molar-refractivity contribution in [1.82, 2.24) is 5.32 Å². The van der Waals surface area contributed by atoms with E-state index in [1.807, 2.05) is 24.3 Å². The molecule has 0 aromatic heterocycles. The van der Waals surface area contributed by atoms with E-state index in [1.165, 1.54) is 76.8 Å². The second kappa shape index (κ2) is 13.4. The second-order valence-corrected chi connectivity index (χ2v) is 11.6. The van der Waals surface area contributed by atoms with Gasteiger partial charge in [-0.15, -0.1) is 0 Å². The Morgan fingerprint density at radius 1 is 0.714 bits per heavy atom. The summed E-state index contributed by atoms with van der Waals surface area (Å²) in [6.07, 6.45) is 7.09. The number of ether oxygens (including phenoxy) is 2. The Morgan fingerprint density at radius 3 is 1.98 bits per heavy atom. The van der Waals surface area contributed by atoms with E-state index in [9.17, 15) is 5.11 Å². The Hall–Kier alpha value is -3.86. The van der Waals surface area contributed by atoms with Crippen LogP contribution in [0.25, 0.3) is 21.5 Å². The third kappa shape index (κ3) is 6.46. The van der Waals surface area contributed by atoms with Gasteiger partial charge in [-0.2, -0.15) is 0 Å². The zero-order chi connectivity index (χ0) is 28.7. The zero-order valence-corrected chi connectivity index (χ0v) is 24.5. The van der Waals surface area contributed by atoms with Crippen LogP contribution in [-0.2, 0) is 0 Å². The molecule has 216 valence electrons. The van der Waals surface area contributed by atoms with Gasteiger partial charge >= 0.3 is 0 Å². The molecule has 0 amide bonds. The minimum absolute atomic E-state index is 0.0221. The third-order valence-corrected chi connectivity index (χ3v) is 8.71. The molecule has 0 spiro atoms. The van der Waals surface area contributed by atoms with Crippen molar-refractivity contribution >= 4 is 21.5 Å². The Bertz CT molecular complexity index is 1590. The van der Waals surface area contributed by atoms with Crippen molar-refractivity contribution in [2.75, 3.05) is 20.3 Å². The monoisotopic (exact) mass is 559 g/mol. The molecule has 0 heterocycles. The molecule has 4 nitrogen and oxygen atoms in total. The summed E-state index contributed by atoms with van der Waals surface area (Å²) in [6.45, 7) is 0.841. The summed E-state index contributed by atoms with van der Waals surface area (Å²) in [7, 11) is 1.70. The Balaban J connectivity index is 1.26. The fraction of sp³-hybridized carbons (Fsp3) is 0.316. The van der Waals surface area contributed by atoms with E-state index in [0.717, 1.165) is 11.5 Å². The first-order valence-electron chi connectivity index (χ1n) is 15.4. The van der Waals surface area contributed by atoms with Gasteiger partial charge in [0.1, 0.15) is 24.2 Å². The first-order chi connectivity index (χ1) is 20.7. The Morgan fingerprint density at radius 2 is 1.31 bits per heavy atom. The topological polar surface area (TPSA) is 50.7 Å². The standard InChI is InChI=1S/C38H41NO3/c1-41-32-20-16-27(17-21-32)38(37-24-29-10-6-7-13-34(29)35-14-8-9-15-36(35)37)28-18-22-33(23-19-28)42-26-31(40)25-39-30-11-4-2-3-5-12-30/h6-10,13-24,30-31,38-40H,2-5,11-12,25-26H2,1H3. The molecule has 0 aliphatic heterocycles. The van der Waals surface area contributed by atoms with Gasteiger partial charge in [-0.25, -0.2) is 0 Å². The number of fused-ring (bicyclic) bond motifs is 3. The minimum atomic E-state index is -0.538. The quantitative estimate of drug-likeness (QED) is 0.103. The molecular weight excluding hydrogens is 518 g/mol. The maximum Gasteiger partial charge on any atom is 0.119 e. The van der Waals surface area contributed by atoms with E-state index in [0.29, 0.717) is 12.6 Å². The van der Waals surface area contributed by atoms with Gasteiger partial charge in [-0.05, 0) is 81.4 Å². The van der Waals surface area contributed by atoms with Crippen molar-refractivity contribution in [3.8, 4) is 11.5 Å². The highest BCUT2D eigenvalue weighted by atomic mass is 16.5. The molecule has 1 aliphatic carbocycles. The summed E-state index contributed by atoms with van der Waals surface area (Å²) in [6, 6.07) is 36.9. The molecule has 1 saturated carbocycles. The number of hydrogen-bond acceptors (Lipinski definition) is 4. The molecule has 2 N–H and O–H groups in total. The SMILES string of the molecule is COc1ccc(C(c2ccc(OCC(O)CNC3CCCCCC3)cc2)c2cc3ccccc3c3ccccc23)cc1. The second-order valence-electron chi connectivity index (χ2n) is 11.6. The maximum absolute atomic E-state index is 10.6. The number of rotatable bonds is 10. The average Bonchev–Trinajstić information content (AvgIpc) is 3.33. The normalized spacial score (nSPS) is 15.8. The first kappa shape index (κ1) is 28.3. The summed E-state index contributed by atoms with van der Waals surface area (Å²) < 4.78 is 11.5. The fourth-order valence-electron chi connectivity index (χ4n) is 6.46. The van der Waals surface area contributed by atoms with Crippen LogP contribution in [0.5, 0.6) is 11.5 Å². The number of nitrogens with one attached hydrogen (secondary N) is 1. The van der Waals surface area contributed by atoms with E-state index >= 15 is 0 Å². The molecular formula is C38H41NO3. The highest BCUT2D eigenvalue weighted by Crippen LogP contribution is 2.40. The molecule has 1 fully saturated rings. The molecule has 2 atom stereocenters. The number of hydrogen-bond donors (Lipinski definition) is 2. The van der Waals surface area contributed by atoms with E-state index in [-0.39, 0.29) is 12.5 Å². The van der Waals surface area contributed by atoms with Crippen molar-refractivity contribution in [3.63, 3.8) is 0 Å². The van der Waals surface area contributed by atoms with Crippen LogP contribution in [-0.4, -0.2) is 37.5 Å². The number of benzene rings is 5. The van der Waals surface area contributed by atoms with Crippen LogP contribution < -0.4 is 14.8 Å². The van der Waals surface area contributed by atoms with Gasteiger partial charge in [-0.3, -0.25) is 0 Å². The van der Waals surface area contributed by atoms with Crippen LogP contribution in [0.15, 0.2) is 103 Å². The molecule has 6 rings (SSSR count). The van der Waals surface area contributed by atoms with Crippen LogP contribution in [0.2, 0.25) is 0 Å². The number of aliphatic hydroxyl groups is 1. The van der Waals surface area contributed by atoms with Gasteiger partial charge in [0.15, 0.2) is 0 Å². The van der Waals surface area contributed by atoms with Crippen molar-refractivity contribution < 1.29 is 14.6 Å². The van der Waals surface area contributed by atoms with Crippen LogP contribution in [0.1, 0.15) is 61.1 Å². The summed E-state index contributed by atoms with van der Waals surface area (Å²) in [5.41, 5.74) is 3.65. The summed E-state index contributed by atoms with van der Waals surface area (Å²) in [4.78, 5) is 0. The zero-order valence-electron chi connectivity index (χ0n) is 24.5. The van der Waals surface area contributed by atoms with E-state index in [1.54, 1.807) is 7.11 Å². The summed E-state index contributed by atoms with van der Waals surface area (Å²) in [5, 5.41) is 19.1. The van der Waals surface area contributed by atoms with Gasteiger partial charge in [0.2, 0.25) is 0 Å². The maximum atomic E-state index is 10.6. The molecule has 0 radical (unpaired) electrons. The average molecular weight is 560 g/mol. The van der Waals surface area contributed by atoms with Crippen molar-refractivity contribution in [2.45, 2.75) is 56.6 Å². The highest BCUT2D eigenvalue weighted by molar-refractivity contribution is 6.09. The van der Waals surface area contributed by atoms with E-state index < -0.39 is 6.10 Å². The van der Waals surface area contributed by atoms with Crippen LogP contribution in [0.4, 0.5) is 0 Å². The Kier molecular flexibility index (Phi) is 9.03. The van der Waals surface area contributed by atoms with Crippen LogP contribution in [0.3, 0.4) is 0 Å². The number of aliphatic hydroxyl groups excluding tert-OH is 1. The van der Waals surface area contributed by atoms with Gasteiger partial charge in [0.05, 0.1) is 7.11 Å². The fourth-order valence-corrected chi connectivity index (χ4v) is 6.46. The van der Waals surface area contributed by atoms with Gasteiger partial charge in [0, 0.05) is 18.5 Å². The number of methoxy groups -OCH3 is 1. The molecule has 1 aliphatic rings. The van der Waals surface area contributed by atoms with Crippen LogP contribution in [0, 0.1) is 0 Å². The van der Waals surface area contributed by atoms with Gasteiger partial charge in [0.25, 0.3) is 0 Å². The third-order valence-electron chi connectivity index (χ3n) is 8.71. The van der Waals surface area contributed by atoms with Gasteiger partial charge in [-0.1, -0.05) is 98.5 Å². The van der Waals surface area contributed by atoms with E-state index in [2.05, 4.69) is 84.2 Å². The molecule has 2 unspecified atom stereocenters. The van der Waals surface area contributed by atoms with Crippen molar-refractivity contribution in [2.24, 2.45) is 0 Å². The molecule has 0 bridgehead atoms. The lowest BCUT2D eigenvalue weighted by molar-refractivity contribution is 0.103. The summed E-state index contributed by atoms with van der Waals surface area (Å²) in [5.74, 6) is 1.63.